The minimum absolute atomic E-state index is 0.0723. The molecule has 0 aliphatic carbocycles. The molecule has 0 aromatic heterocycles. The van der Waals surface area contributed by atoms with Gasteiger partial charge in [-0.3, -0.25) is 4.79 Å². The predicted octanol–water partition coefficient (Wildman–Crippen LogP) is 2.17. The second-order valence-electron chi connectivity index (χ2n) is 7.44. The van der Waals surface area contributed by atoms with Crippen LogP contribution in [-0.2, 0) is 20.7 Å². The highest BCUT2D eigenvalue weighted by atomic mass is 16.5. The number of methoxy groups -OCH3 is 1. The Morgan fingerprint density at radius 3 is 2.45 bits per heavy atom. The van der Waals surface area contributed by atoms with Gasteiger partial charge in [0.05, 0.1) is 30.4 Å². The molecule has 31 heavy (non-hydrogen) atoms. The first-order valence-corrected chi connectivity index (χ1v) is 10.3. The van der Waals surface area contributed by atoms with Crippen molar-refractivity contribution in [1.82, 2.24) is 10.6 Å². The van der Waals surface area contributed by atoms with E-state index in [1.807, 2.05) is 36.4 Å². The van der Waals surface area contributed by atoms with Crippen LogP contribution in [0.25, 0.3) is 11.1 Å². The summed E-state index contributed by atoms with van der Waals surface area (Å²) >= 11 is 0. The smallest absolute Gasteiger partial charge is 0.251 e. The van der Waals surface area contributed by atoms with Crippen LogP contribution in [0.2, 0.25) is 0 Å². The van der Waals surface area contributed by atoms with E-state index in [1.165, 1.54) is 0 Å². The zero-order valence-electron chi connectivity index (χ0n) is 17.5. The number of ether oxygens (including phenoxy) is 2. The summed E-state index contributed by atoms with van der Waals surface area (Å²) in [6, 6.07) is 18.9. The van der Waals surface area contributed by atoms with Gasteiger partial charge in [0, 0.05) is 26.6 Å². The number of nitriles is 2. The molecule has 1 aliphatic heterocycles. The molecule has 0 unspecified atom stereocenters. The van der Waals surface area contributed by atoms with E-state index in [-0.39, 0.29) is 12.0 Å². The molecule has 1 amide bonds. The number of hydrogen-bond acceptors (Lipinski definition) is 6. The fourth-order valence-electron chi connectivity index (χ4n) is 3.45. The van der Waals surface area contributed by atoms with Crippen molar-refractivity contribution in [3.05, 3.63) is 59.7 Å². The number of benzene rings is 2. The summed E-state index contributed by atoms with van der Waals surface area (Å²) in [5, 5.41) is 24.4. The van der Waals surface area contributed by atoms with Crippen LogP contribution in [0.4, 0.5) is 0 Å². The van der Waals surface area contributed by atoms with Crippen LogP contribution in [0.3, 0.4) is 0 Å². The summed E-state index contributed by atoms with van der Waals surface area (Å²) < 4.78 is 11.0. The lowest BCUT2D eigenvalue weighted by Gasteiger charge is -2.25. The van der Waals surface area contributed by atoms with Crippen molar-refractivity contribution in [3.8, 4) is 23.3 Å². The Labute approximate surface area is 182 Å². The molecule has 0 spiro atoms. The monoisotopic (exact) mass is 418 g/mol. The maximum atomic E-state index is 12.6. The summed E-state index contributed by atoms with van der Waals surface area (Å²) in [5.74, 6) is -0.288. The van der Waals surface area contributed by atoms with E-state index < -0.39 is 12.1 Å². The van der Waals surface area contributed by atoms with Gasteiger partial charge in [0.2, 0.25) is 0 Å². The maximum absolute atomic E-state index is 12.6. The average Bonchev–Trinajstić information content (AvgIpc) is 2.79. The first-order valence-electron chi connectivity index (χ1n) is 10.3. The number of hydrogen-bond donors (Lipinski definition) is 2. The molecular formula is C24H26N4O3. The average molecular weight is 418 g/mol. The highest BCUT2D eigenvalue weighted by Gasteiger charge is 2.24. The van der Waals surface area contributed by atoms with Gasteiger partial charge < -0.3 is 20.1 Å². The molecule has 1 saturated heterocycles. The molecule has 160 valence electrons. The Hall–Kier alpha value is -3.23. The minimum atomic E-state index is -0.644. The Morgan fingerprint density at radius 1 is 1.16 bits per heavy atom. The molecule has 2 aromatic carbocycles. The largest absolute Gasteiger partial charge is 0.380 e. The number of rotatable bonds is 6. The lowest BCUT2D eigenvalue weighted by Crippen LogP contribution is -2.49. The zero-order valence-corrected chi connectivity index (χ0v) is 17.5. The first-order chi connectivity index (χ1) is 15.1. The van der Waals surface area contributed by atoms with Crippen LogP contribution in [0.5, 0.6) is 0 Å². The van der Waals surface area contributed by atoms with Gasteiger partial charge in [0.15, 0.2) is 0 Å². The number of carbonyl (C=O) groups is 1. The van der Waals surface area contributed by atoms with Gasteiger partial charge in [-0.05, 0) is 35.2 Å². The summed E-state index contributed by atoms with van der Waals surface area (Å²) in [5.41, 5.74) is 3.60. The number of carbonyl (C=O) groups excluding carboxylic acids is 1. The highest BCUT2D eigenvalue weighted by molar-refractivity contribution is 5.81. The van der Waals surface area contributed by atoms with E-state index >= 15 is 0 Å². The van der Waals surface area contributed by atoms with Gasteiger partial charge in [-0.2, -0.15) is 10.5 Å². The quantitative estimate of drug-likeness (QED) is 0.745. The molecule has 3 rings (SSSR count). The van der Waals surface area contributed by atoms with Gasteiger partial charge in [-0.1, -0.05) is 36.4 Å². The summed E-state index contributed by atoms with van der Waals surface area (Å²) in [6.45, 7) is 1.48. The van der Waals surface area contributed by atoms with Crippen molar-refractivity contribution >= 4 is 5.91 Å². The standard InChI is InChI=1S/C24H26N4O3/c1-30-22-10-11-31-23(16-27-15-22)24(29)28-21(14-26)12-17-2-6-19(7-3-17)20-8-4-18(13-25)5-9-20/h2-9,21-23,27H,10-12,15-16H2,1H3,(H,28,29)/t21-,22-,23-/m0/s1. The summed E-state index contributed by atoms with van der Waals surface area (Å²) in [6.07, 6.45) is 0.554. The number of amides is 1. The zero-order chi connectivity index (χ0) is 22.1. The van der Waals surface area contributed by atoms with E-state index in [0.717, 1.165) is 16.7 Å². The molecule has 2 aromatic rings. The molecule has 7 heteroatoms. The van der Waals surface area contributed by atoms with Crippen LogP contribution in [-0.4, -0.2) is 51.0 Å². The first kappa shape index (κ1) is 22.5. The van der Waals surface area contributed by atoms with E-state index in [9.17, 15) is 10.1 Å². The third-order valence-corrected chi connectivity index (χ3v) is 5.30. The van der Waals surface area contributed by atoms with Gasteiger partial charge in [0.1, 0.15) is 12.1 Å². The molecule has 0 radical (unpaired) electrons. The Balaban J connectivity index is 1.56. The molecule has 3 atom stereocenters. The van der Waals surface area contributed by atoms with Gasteiger partial charge in [-0.15, -0.1) is 0 Å². The summed E-state index contributed by atoms with van der Waals surface area (Å²) in [7, 11) is 1.66. The molecular weight excluding hydrogens is 392 g/mol. The Bertz CT molecular complexity index is 935. The maximum Gasteiger partial charge on any atom is 0.251 e. The molecule has 7 nitrogen and oxygen atoms in total. The third kappa shape index (κ3) is 6.37. The number of nitrogens with zero attached hydrogens (tertiary/aromatic N) is 2. The van der Waals surface area contributed by atoms with Crippen LogP contribution >= 0.6 is 0 Å². The van der Waals surface area contributed by atoms with Crippen molar-refractivity contribution in [2.45, 2.75) is 31.1 Å². The van der Waals surface area contributed by atoms with Crippen molar-refractivity contribution in [2.24, 2.45) is 0 Å². The third-order valence-electron chi connectivity index (χ3n) is 5.30. The lowest BCUT2D eigenvalue weighted by atomic mass is 10.00. The van der Waals surface area contributed by atoms with Gasteiger partial charge >= 0.3 is 0 Å². The van der Waals surface area contributed by atoms with Gasteiger partial charge in [-0.25, -0.2) is 0 Å². The van der Waals surface area contributed by atoms with Crippen molar-refractivity contribution in [3.63, 3.8) is 0 Å². The van der Waals surface area contributed by atoms with E-state index in [0.29, 0.717) is 38.1 Å². The molecule has 1 aliphatic rings. The van der Waals surface area contributed by atoms with E-state index in [2.05, 4.69) is 22.8 Å². The summed E-state index contributed by atoms with van der Waals surface area (Å²) in [4.78, 5) is 12.6. The second-order valence-corrected chi connectivity index (χ2v) is 7.44. The van der Waals surface area contributed by atoms with Crippen LogP contribution in [0.1, 0.15) is 17.5 Å². The lowest BCUT2D eigenvalue weighted by molar-refractivity contribution is -0.134. The van der Waals surface area contributed by atoms with Gasteiger partial charge in [0.25, 0.3) is 5.91 Å². The highest BCUT2D eigenvalue weighted by Crippen LogP contribution is 2.20. The number of nitrogens with one attached hydrogen (secondary N) is 2. The molecule has 1 fully saturated rings. The SMILES string of the molecule is CO[C@H]1CCO[C@H](C(=O)N[C@H](C#N)Cc2ccc(-c3ccc(C#N)cc3)cc2)CNC1. The predicted molar refractivity (Wildman–Crippen MR) is 116 cm³/mol. The van der Waals surface area contributed by atoms with E-state index in [4.69, 9.17) is 14.7 Å². The molecule has 0 saturated carbocycles. The fourth-order valence-corrected chi connectivity index (χ4v) is 3.45. The minimum Gasteiger partial charge on any atom is -0.380 e. The topological polar surface area (TPSA) is 107 Å². The van der Waals surface area contributed by atoms with Crippen LogP contribution < -0.4 is 10.6 Å². The molecule has 2 N–H and O–H groups in total. The van der Waals surface area contributed by atoms with Crippen LogP contribution in [0, 0.1) is 22.7 Å². The molecule has 1 heterocycles. The Kier molecular flexibility index (Phi) is 8.14. The van der Waals surface area contributed by atoms with Crippen LogP contribution in [0.15, 0.2) is 48.5 Å². The molecule has 0 bridgehead atoms. The second kappa shape index (κ2) is 11.2. The van der Waals surface area contributed by atoms with E-state index in [1.54, 1.807) is 19.2 Å². The van der Waals surface area contributed by atoms with Crippen molar-refractivity contribution in [1.29, 1.82) is 10.5 Å². The fraction of sp³-hybridized carbons (Fsp3) is 0.375. The normalized spacial score (nSPS) is 19.8. The van der Waals surface area contributed by atoms with Crippen molar-refractivity contribution in [2.75, 3.05) is 26.8 Å². The Morgan fingerprint density at radius 2 is 1.84 bits per heavy atom. The van der Waals surface area contributed by atoms with Crippen molar-refractivity contribution < 1.29 is 14.3 Å².